The largest absolute Gasteiger partial charge is 0.457 e. The second kappa shape index (κ2) is 15.1. The molecule has 0 saturated heterocycles. The minimum Gasteiger partial charge on any atom is -0.457 e. The molecule has 0 fully saturated rings. The Kier molecular flexibility index (Phi) is 8.76. The maximum absolute atomic E-state index is 7.17. The van der Waals surface area contributed by atoms with Gasteiger partial charge >= 0.3 is 0 Å². The van der Waals surface area contributed by atoms with E-state index in [1.807, 2.05) is 0 Å². The molecule has 1 spiro atoms. The molecule has 0 aromatic heterocycles. The second-order valence-corrected chi connectivity index (χ2v) is 16.4. The molecule has 1 heterocycles. The lowest BCUT2D eigenvalue weighted by molar-refractivity contribution is 0.436. The summed E-state index contributed by atoms with van der Waals surface area (Å²) in [6.07, 6.45) is 2.32. The topological polar surface area (TPSA) is 12.5 Å². The number of hydrogen-bond acceptors (Lipinski definition) is 2. The number of benzene rings is 10. The summed E-state index contributed by atoms with van der Waals surface area (Å²) in [7, 11) is 0. The molecule has 10 aromatic carbocycles. The smallest absolute Gasteiger partial charge is 0.133 e. The molecule has 0 bridgehead atoms. The SMILES string of the molecule is C(=C(\c1ccccc1)c1ccc(-c2cc3c(cc2N(c2ccccc2)c2ccccc2)C2(c4ccccc4O3)c3ccccc3-c3ccccc32)c2ccccc12)/c1ccccc1. The van der Waals surface area contributed by atoms with Crippen LogP contribution in [0.5, 0.6) is 11.5 Å². The van der Waals surface area contributed by atoms with Crippen molar-refractivity contribution in [2.24, 2.45) is 0 Å². The van der Waals surface area contributed by atoms with E-state index in [1.54, 1.807) is 0 Å². The zero-order valence-corrected chi connectivity index (χ0v) is 34.5. The van der Waals surface area contributed by atoms with Crippen LogP contribution < -0.4 is 9.64 Å². The Morgan fingerprint density at radius 3 is 1.56 bits per heavy atom. The summed E-state index contributed by atoms with van der Waals surface area (Å²) in [5.41, 5.74) is 16.8. The zero-order valence-electron chi connectivity index (χ0n) is 34.5. The minimum atomic E-state index is -0.623. The van der Waals surface area contributed by atoms with E-state index in [9.17, 15) is 0 Å². The fraction of sp³-hybridized carbons (Fsp3) is 0.0164. The Labute approximate surface area is 368 Å². The lowest BCUT2D eigenvalue weighted by Crippen LogP contribution is -2.32. The summed E-state index contributed by atoms with van der Waals surface area (Å²) in [6.45, 7) is 0. The van der Waals surface area contributed by atoms with Crippen molar-refractivity contribution in [2.75, 3.05) is 4.90 Å². The maximum Gasteiger partial charge on any atom is 0.133 e. The van der Waals surface area contributed by atoms with Crippen LogP contribution in [-0.2, 0) is 5.41 Å². The highest BCUT2D eigenvalue weighted by Gasteiger charge is 2.51. The molecule has 1 aliphatic carbocycles. The molecule has 296 valence electrons. The normalized spacial score (nSPS) is 13.1. The highest BCUT2D eigenvalue weighted by molar-refractivity contribution is 6.09. The molecule has 12 rings (SSSR count). The van der Waals surface area contributed by atoms with Crippen molar-refractivity contribution >= 4 is 39.5 Å². The monoisotopic (exact) mass is 803 g/mol. The molecule has 2 aliphatic rings. The van der Waals surface area contributed by atoms with Gasteiger partial charge in [-0.25, -0.2) is 0 Å². The lowest BCUT2D eigenvalue weighted by Gasteiger charge is -2.41. The van der Waals surface area contributed by atoms with Crippen LogP contribution in [0.1, 0.15) is 38.9 Å². The van der Waals surface area contributed by atoms with Gasteiger partial charge in [-0.3, -0.25) is 0 Å². The molecule has 0 unspecified atom stereocenters. The fourth-order valence-corrected chi connectivity index (χ4v) is 10.3. The van der Waals surface area contributed by atoms with Gasteiger partial charge in [0, 0.05) is 28.1 Å². The molecule has 10 aromatic rings. The molecule has 2 nitrogen and oxygen atoms in total. The molecule has 0 amide bonds. The summed E-state index contributed by atoms with van der Waals surface area (Å²) in [6, 6.07) is 87.7. The fourth-order valence-electron chi connectivity index (χ4n) is 10.3. The van der Waals surface area contributed by atoms with Crippen LogP contribution >= 0.6 is 0 Å². The Morgan fingerprint density at radius 1 is 0.381 bits per heavy atom. The van der Waals surface area contributed by atoms with Crippen molar-refractivity contribution in [3.63, 3.8) is 0 Å². The first-order chi connectivity index (χ1) is 31.3. The molecule has 0 atom stereocenters. The summed E-state index contributed by atoms with van der Waals surface area (Å²) in [5.74, 6) is 1.72. The number of ether oxygens (including phenoxy) is 1. The van der Waals surface area contributed by atoms with E-state index in [-0.39, 0.29) is 0 Å². The van der Waals surface area contributed by atoms with E-state index in [2.05, 4.69) is 254 Å². The van der Waals surface area contributed by atoms with Gasteiger partial charge in [0.25, 0.3) is 0 Å². The molecule has 2 heteroatoms. The standard InChI is InChI=1S/C61H41NO/c1-5-21-42(22-6-1)39-52(43-23-7-2-8-24-43)48-37-38-49(47-30-14-13-29-46(47)48)53-40-60-57(41-58(53)62(44-25-9-3-10-26-44)45-27-11-4-12-28-45)61(56-35-19-20-36-59(56)63-60)54-33-17-15-31-50(54)51-32-16-18-34-55(51)61/h1-41H/b52-39-. The van der Waals surface area contributed by atoms with E-state index >= 15 is 0 Å². The van der Waals surface area contributed by atoms with Gasteiger partial charge in [0.05, 0.1) is 11.1 Å². The van der Waals surface area contributed by atoms with Gasteiger partial charge in [0.2, 0.25) is 0 Å². The van der Waals surface area contributed by atoms with Crippen molar-refractivity contribution < 1.29 is 4.74 Å². The Balaban J connectivity index is 1.18. The average molecular weight is 804 g/mol. The summed E-state index contributed by atoms with van der Waals surface area (Å²) in [5, 5.41) is 2.34. The number of rotatable bonds is 7. The summed E-state index contributed by atoms with van der Waals surface area (Å²) in [4.78, 5) is 2.42. The number of para-hydroxylation sites is 3. The van der Waals surface area contributed by atoms with Crippen LogP contribution in [0.2, 0.25) is 0 Å². The van der Waals surface area contributed by atoms with E-state index in [1.165, 1.54) is 44.3 Å². The first kappa shape index (κ1) is 36.6. The van der Waals surface area contributed by atoms with Crippen molar-refractivity contribution in [2.45, 2.75) is 5.41 Å². The van der Waals surface area contributed by atoms with E-state index < -0.39 is 5.41 Å². The summed E-state index contributed by atoms with van der Waals surface area (Å²) >= 11 is 0. The summed E-state index contributed by atoms with van der Waals surface area (Å²) < 4.78 is 7.17. The molecule has 0 radical (unpaired) electrons. The van der Waals surface area contributed by atoms with Gasteiger partial charge in [0.15, 0.2) is 0 Å². The van der Waals surface area contributed by atoms with E-state index in [0.717, 1.165) is 61.8 Å². The first-order valence-electron chi connectivity index (χ1n) is 21.7. The number of anilines is 3. The van der Waals surface area contributed by atoms with Gasteiger partial charge in [-0.15, -0.1) is 0 Å². The molecule has 63 heavy (non-hydrogen) atoms. The zero-order chi connectivity index (χ0) is 41.7. The second-order valence-electron chi connectivity index (χ2n) is 16.4. The van der Waals surface area contributed by atoms with Gasteiger partial charge in [-0.1, -0.05) is 200 Å². The van der Waals surface area contributed by atoms with Gasteiger partial charge in [-0.2, -0.15) is 0 Å². The van der Waals surface area contributed by atoms with E-state index in [0.29, 0.717) is 0 Å². The molecule has 0 N–H and O–H groups in total. The third-order valence-corrected chi connectivity index (χ3v) is 12.9. The van der Waals surface area contributed by atoms with Crippen molar-refractivity contribution in [3.05, 3.63) is 282 Å². The van der Waals surface area contributed by atoms with Gasteiger partial charge in [-0.05, 0) is 109 Å². The third kappa shape index (κ3) is 5.87. The number of nitrogens with zero attached hydrogens (tertiary/aromatic N) is 1. The molecular weight excluding hydrogens is 763 g/mol. The van der Waals surface area contributed by atoms with Crippen LogP contribution in [0.15, 0.2) is 243 Å². The van der Waals surface area contributed by atoms with Crippen molar-refractivity contribution in [1.29, 1.82) is 0 Å². The average Bonchev–Trinajstić information content (AvgIpc) is 3.65. The Hall–Kier alpha value is -8.20. The lowest BCUT2D eigenvalue weighted by atomic mass is 9.65. The van der Waals surface area contributed by atoms with Crippen LogP contribution in [0.4, 0.5) is 17.1 Å². The van der Waals surface area contributed by atoms with Crippen LogP contribution in [0.25, 0.3) is 44.7 Å². The highest BCUT2D eigenvalue weighted by Crippen LogP contribution is 2.63. The minimum absolute atomic E-state index is 0.623. The van der Waals surface area contributed by atoms with Gasteiger partial charge < -0.3 is 9.64 Å². The van der Waals surface area contributed by atoms with Crippen LogP contribution in [-0.4, -0.2) is 0 Å². The predicted octanol–water partition coefficient (Wildman–Crippen LogP) is 16.0. The predicted molar refractivity (Wildman–Crippen MR) is 261 cm³/mol. The Bertz CT molecular complexity index is 3270. The van der Waals surface area contributed by atoms with Crippen molar-refractivity contribution in [3.8, 4) is 33.8 Å². The van der Waals surface area contributed by atoms with E-state index in [4.69, 9.17) is 4.74 Å². The maximum atomic E-state index is 7.17. The number of hydrogen-bond donors (Lipinski definition) is 0. The third-order valence-electron chi connectivity index (χ3n) is 12.9. The molecular formula is C61H41NO. The van der Waals surface area contributed by atoms with Gasteiger partial charge in [0.1, 0.15) is 11.5 Å². The van der Waals surface area contributed by atoms with Crippen LogP contribution in [0.3, 0.4) is 0 Å². The number of fused-ring (bicyclic) bond motifs is 10. The molecule has 0 saturated carbocycles. The van der Waals surface area contributed by atoms with Crippen LogP contribution in [0, 0.1) is 0 Å². The highest BCUT2D eigenvalue weighted by atomic mass is 16.5. The Morgan fingerprint density at radius 2 is 0.905 bits per heavy atom. The first-order valence-corrected chi connectivity index (χ1v) is 21.7. The quantitative estimate of drug-likeness (QED) is 0.149. The van der Waals surface area contributed by atoms with Crippen molar-refractivity contribution in [1.82, 2.24) is 0 Å². The molecule has 1 aliphatic heterocycles.